The number of nitrogens with zero attached hydrogens (tertiary/aromatic N) is 1. The number of pyridine rings is 1. The van der Waals surface area contributed by atoms with Crippen LogP contribution in [-0.4, -0.2) is 30.8 Å². The summed E-state index contributed by atoms with van der Waals surface area (Å²) in [5, 5.41) is 3.41. The average molecular weight is 248 g/mol. The van der Waals surface area contributed by atoms with Crippen molar-refractivity contribution in [1.29, 1.82) is 0 Å². The molecule has 0 amide bonds. The van der Waals surface area contributed by atoms with Gasteiger partial charge in [0.1, 0.15) is 0 Å². The Kier molecular flexibility index (Phi) is 5.62. The number of hydrogen-bond donors (Lipinski definition) is 1. The monoisotopic (exact) mass is 248 g/mol. The third-order valence-electron chi connectivity index (χ3n) is 3.72. The number of nitrogens with one attached hydrogen (secondary N) is 1. The lowest BCUT2D eigenvalue weighted by Gasteiger charge is -2.17. The molecule has 1 aliphatic heterocycles. The fourth-order valence-electron chi connectivity index (χ4n) is 2.62. The highest BCUT2D eigenvalue weighted by Crippen LogP contribution is 2.18. The minimum absolute atomic E-state index is 0.529. The van der Waals surface area contributed by atoms with Gasteiger partial charge in [0.15, 0.2) is 0 Å². The van der Waals surface area contributed by atoms with Crippen LogP contribution in [0.5, 0.6) is 0 Å². The van der Waals surface area contributed by atoms with Crippen molar-refractivity contribution in [3.05, 3.63) is 30.1 Å². The first-order valence-electron chi connectivity index (χ1n) is 7.06. The van der Waals surface area contributed by atoms with Crippen LogP contribution in [0.2, 0.25) is 0 Å². The Balaban J connectivity index is 1.68. The molecule has 18 heavy (non-hydrogen) atoms. The smallest absolute Gasteiger partial charge is 0.0576 e. The molecule has 0 aliphatic carbocycles. The lowest BCUT2D eigenvalue weighted by molar-refractivity contribution is 0.101. The van der Waals surface area contributed by atoms with Gasteiger partial charge in [-0.25, -0.2) is 0 Å². The normalized spacial score (nSPS) is 21.1. The van der Waals surface area contributed by atoms with Crippen molar-refractivity contribution >= 4 is 0 Å². The van der Waals surface area contributed by atoms with Gasteiger partial charge in [-0.3, -0.25) is 4.98 Å². The summed E-state index contributed by atoms with van der Waals surface area (Å²) in [7, 11) is 2.05. The second kappa shape index (κ2) is 7.49. The maximum atomic E-state index is 5.66. The molecule has 1 aromatic rings. The molecule has 0 aromatic carbocycles. The molecule has 3 heteroatoms. The quantitative estimate of drug-likeness (QED) is 0.805. The molecule has 0 bridgehead atoms. The highest BCUT2D eigenvalue weighted by atomic mass is 16.5. The van der Waals surface area contributed by atoms with Gasteiger partial charge in [-0.1, -0.05) is 6.07 Å². The van der Waals surface area contributed by atoms with E-state index >= 15 is 0 Å². The zero-order valence-corrected chi connectivity index (χ0v) is 11.3. The predicted octanol–water partition coefficient (Wildman–Crippen LogP) is 2.56. The second-order valence-electron chi connectivity index (χ2n) is 5.12. The molecule has 3 nitrogen and oxygen atoms in total. The molecule has 0 saturated carbocycles. The van der Waals surface area contributed by atoms with Crippen molar-refractivity contribution in [2.75, 3.05) is 13.7 Å². The van der Waals surface area contributed by atoms with E-state index in [4.69, 9.17) is 4.74 Å². The van der Waals surface area contributed by atoms with Crippen molar-refractivity contribution in [2.24, 2.45) is 0 Å². The molecule has 1 aliphatic rings. The van der Waals surface area contributed by atoms with E-state index in [-0.39, 0.29) is 0 Å². The Morgan fingerprint density at radius 1 is 1.56 bits per heavy atom. The molecule has 1 N–H and O–H groups in total. The van der Waals surface area contributed by atoms with Gasteiger partial charge < -0.3 is 10.1 Å². The lowest BCUT2D eigenvalue weighted by Crippen LogP contribution is -2.27. The summed E-state index contributed by atoms with van der Waals surface area (Å²) in [6.45, 7) is 0.968. The molecule has 0 spiro atoms. The van der Waals surface area contributed by atoms with Crippen LogP contribution in [0.25, 0.3) is 0 Å². The van der Waals surface area contributed by atoms with Crippen LogP contribution in [0.1, 0.15) is 37.7 Å². The summed E-state index contributed by atoms with van der Waals surface area (Å²) in [5.74, 6) is 0. The molecule has 2 rings (SSSR count). The van der Waals surface area contributed by atoms with Crippen LogP contribution in [-0.2, 0) is 11.2 Å². The van der Waals surface area contributed by atoms with E-state index in [2.05, 4.69) is 16.4 Å². The Labute approximate surface area is 110 Å². The van der Waals surface area contributed by atoms with Gasteiger partial charge in [0.25, 0.3) is 0 Å². The lowest BCUT2D eigenvalue weighted by atomic mass is 10.0. The van der Waals surface area contributed by atoms with Gasteiger partial charge in [-0.2, -0.15) is 0 Å². The summed E-state index contributed by atoms with van der Waals surface area (Å²) < 4.78 is 5.66. The first-order valence-corrected chi connectivity index (χ1v) is 7.06. The average Bonchev–Trinajstić information content (AvgIpc) is 2.92. The Morgan fingerprint density at radius 3 is 3.17 bits per heavy atom. The SMILES string of the molecule is CNC(CCCC1CCCO1)Cc1cccnc1. The van der Waals surface area contributed by atoms with E-state index < -0.39 is 0 Å². The van der Waals surface area contributed by atoms with Crippen LogP contribution in [0.4, 0.5) is 0 Å². The van der Waals surface area contributed by atoms with Crippen molar-refractivity contribution < 1.29 is 4.74 Å². The van der Waals surface area contributed by atoms with Crippen molar-refractivity contribution in [3.63, 3.8) is 0 Å². The summed E-state index contributed by atoms with van der Waals surface area (Å²) in [6.07, 6.45) is 11.6. The van der Waals surface area contributed by atoms with E-state index in [1.54, 1.807) is 0 Å². The zero-order chi connectivity index (χ0) is 12.6. The molecule has 2 unspecified atom stereocenters. The molecule has 2 heterocycles. The van der Waals surface area contributed by atoms with Crippen molar-refractivity contribution in [2.45, 2.75) is 50.7 Å². The zero-order valence-electron chi connectivity index (χ0n) is 11.3. The molecular formula is C15H24N2O. The Hall–Kier alpha value is -0.930. The highest BCUT2D eigenvalue weighted by Gasteiger charge is 2.15. The predicted molar refractivity (Wildman–Crippen MR) is 73.6 cm³/mol. The maximum Gasteiger partial charge on any atom is 0.0576 e. The second-order valence-corrected chi connectivity index (χ2v) is 5.12. The third kappa shape index (κ3) is 4.39. The third-order valence-corrected chi connectivity index (χ3v) is 3.72. The topological polar surface area (TPSA) is 34.1 Å². The number of hydrogen-bond acceptors (Lipinski definition) is 3. The molecule has 2 atom stereocenters. The largest absolute Gasteiger partial charge is 0.378 e. The fraction of sp³-hybridized carbons (Fsp3) is 0.667. The van der Waals surface area contributed by atoms with Gasteiger partial charge in [0.05, 0.1) is 6.10 Å². The highest BCUT2D eigenvalue weighted by molar-refractivity contribution is 5.10. The summed E-state index contributed by atoms with van der Waals surface area (Å²) >= 11 is 0. The first kappa shape index (κ1) is 13.5. The van der Waals surface area contributed by atoms with Crippen LogP contribution < -0.4 is 5.32 Å². The van der Waals surface area contributed by atoms with E-state index in [1.807, 2.05) is 25.5 Å². The number of ether oxygens (including phenoxy) is 1. The van der Waals surface area contributed by atoms with E-state index in [9.17, 15) is 0 Å². The molecular weight excluding hydrogens is 224 g/mol. The van der Waals surface area contributed by atoms with E-state index in [0.717, 1.165) is 13.0 Å². The van der Waals surface area contributed by atoms with Gasteiger partial charge in [0, 0.05) is 25.0 Å². The fourth-order valence-corrected chi connectivity index (χ4v) is 2.62. The first-order chi connectivity index (χ1) is 8.88. The maximum absolute atomic E-state index is 5.66. The Morgan fingerprint density at radius 2 is 2.50 bits per heavy atom. The molecule has 1 fully saturated rings. The Bertz CT molecular complexity index is 323. The van der Waals surface area contributed by atoms with Gasteiger partial charge in [0.2, 0.25) is 0 Å². The van der Waals surface area contributed by atoms with Gasteiger partial charge in [-0.05, 0) is 57.2 Å². The standard InChI is InChI=1S/C15H24N2O/c1-16-14(11-13-5-3-9-17-12-13)6-2-7-15-8-4-10-18-15/h3,5,9,12,14-16H,2,4,6-8,10-11H2,1H3. The van der Waals surface area contributed by atoms with E-state index in [0.29, 0.717) is 12.1 Å². The summed E-state index contributed by atoms with van der Waals surface area (Å²) in [4.78, 5) is 4.17. The van der Waals surface area contributed by atoms with Gasteiger partial charge in [-0.15, -0.1) is 0 Å². The van der Waals surface area contributed by atoms with Crippen LogP contribution in [0.15, 0.2) is 24.5 Å². The van der Waals surface area contributed by atoms with Gasteiger partial charge >= 0.3 is 0 Å². The summed E-state index contributed by atoms with van der Waals surface area (Å²) in [6, 6.07) is 4.71. The van der Waals surface area contributed by atoms with Crippen molar-refractivity contribution in [3.8, 4) is 0 Å². The molecule has 0 radical (unpaired) electrons. The number of aromatic nitrogens is 1. The minimum Gasteiger partial charge on any atom is -0.378 e. The summed E-state index contributed by atoms with van der Waals surface area (Å²) in [5.41, 5.74) is 1.31. The van der Waals surface area contributed by atoms with Crippen LogP contribution >= 0.6 is 0 Å². The van der Waals surface area contributed by atoms with Crippen LogP contribution in [0, 0.1) is 0 Å². The van der Waals surface area contributed by atoms with E-state index in [1.165, 1.54) is 37.7 Å². The van der Waals surface area contributed by atoms with Crippen LogP contribution in [0.3, 0.4) is 0 Å². The number of rotatable bonds is 7. The van der Waals surface area contributed by atoms with Crippen molar-refractivity contribution in [1.82, 2.24) is 10.3 Å². The molecule has 1 saturated heterocycles. The molecule has 1 aromatic heterocycles. The minimum atomic E-state index is 0.529. The molecule has 100 valence electrons. The number of likely N-dealkylation sites (N-methyl/N-ethyl adjacent to an activating group) is 1.